The number of hydrogen-bond donors (Lipinski definition) is 1. The van der Waals surface area contributed by atoms with Crippen LogP contribution in [0.3, 0.4) is 0 Å². The molecule has 2 heterocycles. The second-order valence-corrected chi connectivity index (χ2v) is 4.45. The van der Waals surface area contributed by atoms with Crippen molar-refractivity contribution in [3.8, 4) is 0 Å². The Morgan fingerprint density at radius 1 is 1.65 bits per heavy atom. The average Bonchev–Trinajstić information content (AvgIpc) is 2.39. The van der Waals surface area contributed by atoms with E-state index in [-0.39, 0.29) is 0 Å². The highest BCUT2D eigenvalue weighted by atomic mass is 16.5. The van der Waals surface area contributed by atoms with Gasteiger partial charge < -0.3 is 14.7 Å². The fraction of sp³-hybridized carbons (Fsp3) is 0.615. The number of ether oxygens (including phenoxy) is 1. The fourth-order valence-corrected chi connectivity index (χ4v) is 2.15. The second-order valence-electron chi connectivity index (χ2n) is 4.45. The van der Waals surface area contributed by atoms with E-state index in [9.17, 15) is 5.11 Å². The SMILES string of the molecule is CCC1COCCN1c1cc([C@@H](C)O)ccn1. The first-order chi connectivity index (χ1) is 8.22. The molecule has 0 spiro atoms. The maximum absolute atomic E-state index is 9.60. The van der Waals surface area contributed by atoms with Gasteiger partial charge in [-0.25, -0.2) is 4.98 Å². The van der Waals surface area contributed by atoms with Crippen molar-refractivity contribution in [1.82, 2.24) is 4.98 Å². The summed E-state index contributed by atoms with van der Waals surface area (Å²) in [7, 11) is 0. The van der Waals surface area contributed by atoms with Gasteiger partial charge in [0.2, 0.25) is 0 Å². The van der Waals surface area contributed by atoms with Crippen molar-refractivity contribution in [2.24, 2.45) is 0 Å². The van der Waals surface area contributed by atoms with Crippen molar-refractivity contribution >= 4 is 5.82 Å². The summed E-state index contributed by atoms with van der Waals surface area (Å²) >= 11 is 0. The summed E-state index contributed by atoms with van der Waals surface area (Å²) in [5, 5.41) is 9.60. The number of aliphatic hydroxyl groups is 1. The smallest absolute Gasteiger partial charge is 0.129 e. The normalized spacial score (nSPS) is 22.5. The van der Waals surface area contributed by atoms with Crippen molar-refractivity contribution < 1.29 is 9.84 Å². The summed E-state index contributed by atoms with van der Waals surface area (Å²) in [4.78, 5) is 6.68. The molecule has 1 aliphatic rings. The number of aromatic nitrogens is 1. The third-order valence-electron chi connectivity index (χ3n) is 3.25. The van der Waals surface area contributed by atoms with E-state index in [4.69, 9.17) is 4.74 Å². The summed E-state index contributed by atoms with van der Waals surface area (Å²) in [6.45, 7) is 6.31. The van der Waals surface area contributed by atoms with Crippen molar-refractivity contribution in [2.45, 2.75) is 32.4 Å². The van der Waals surface area contributed by atoms with Gasteiger partial charge in [-0.3, -0.25) is 0 Å². The first-order valence-corrected chi connectivity index (χ1v) is 6.20. The summed E-state index contributed by atoms with van der Waals surface area (Å²) in [6.07, 6.45) is 2.36. The highest BCUT2D eigenvalue weighted by Gasteiger charge is 2.22. The Kier molecular flexibility index (Phi) is 3.97. The topological polar surface area (TPSA) is 45.6 Å². The van der Waals surface area contributed by atoms with Crippen LogP contribution in [0.2, 0.25) is 0 Å². The molecular weight excluding hydrogens is 216 g/mol. The largest absolute Gasteiger partial charge is 0.389 e. The minimum atomic E-state index is -0.446. The number of pyridine rings is 1. The maximum Gasteiger partial charge on any atom is 0.129 e. The first kappa shape index (κ1) is 12.3. The quantitative estimate of drug-likeness (QED) is 0.868. The molecule has 2 atom stereocenters. The van der Waals surface area contributed by atoms with Gasteiger partial charge in [0.25, 0.3) is 0 Å². The molecule has 0 amide bonds. The zero-order valence-electron chi connectivity index (χ0n) is 10.5. The van der Waals surface area contributed by atoms with Crippen LogP contribution in [0.1, 0.15) is 31.9 Å². The van der Waals surface area contributed by atoms with Crippen LogP contribution in [0.15, 0.2) is 18.3 Å². The number of nitrogens with zero attached hydrogens (tertiary/aromatic N) is 2. The molecule has 94 valence electrons. The third-order valence-corrected chi connectivity index (χ3v) is 3.25. The molecule has 0 aromatic carbocycles. The van der Waals surface area contributed by atoms with E-state index in [0.29, 0.717) is 6.04 Å². The standard InChI is InChI=1S/C13H20N2O2/c1-3-12-9-17-7-6-15(12)13-8-11(10(2)16)4-5-14-13/h4-5,8,10,12,16H,3,6-7,9H2,1-2H3/t10-,12?/m1/s1. The van der Waals surface area contributed by atoms with Crippen molar-refractivity contribution in [3.05, 3.63) is 23.9 Å². The van der Waals surface area contributed by atoms with Gasteiger partial charge in [-0.05, 0) is 31.0 Å². The molecule has 4 nitrogen and oxygen atoms in total. The lowest BCUT2D eigenvalue weighted by Gasteiger charge is -2.36. The van der Waals surface area contributed by atoms with Gasteiger partial charge in [0, 0.05) is 12.7 Å². The molecule has 4 heteroatoms. The van der Waals surface area contributed by atoms with E-state index in [1.807, 2.05) is 12.1 Å². The number of rotatable bonds is 3. The van der Waals surface area contributed by atoms with E-state index in [1.165, 1.54) is 0 Å². The molecule has 1 aliphatic heterocycles. The molecule has 0 saturated carbocycles. The number of anilines is 1. The Labute approximate surface area is 102 Å². The lowest BCUT2D eigenvalue weighted by molar-refractivity contribution is 0.0925. The van der Waals surface area contributed by atoms with Gasteiger partial charge in [0.15, 0.2) is 0 Å². The number of hydrogen-bond acceptors (Lipinski definition) is 4. The summed E-state index contributed by atoms with van der Waals surface area (Å²) in [6, 6.07) is 4.22. The van der Waals surface area contributed by atoms with E-state index in [1.54, 1.807) is 13.1 Å². The monoisotopic (exact) mass is 236 g/mol. The fourth-order valence-electron chi connectivity index (χ4n) is 2.15. The van der Waals surface area contributed by atoms with E-state index >= 15 is 0 Å². The molecule has 1 unspecified atom stereocenters. The molecule has 0 aliphatic carbocycles. The van der Waals surface area contributed by atoms with Crippen LogP contribution in [-0.2, 0) is 4.74 Å². The van der Waals surface area contributed by atoms with Crippen LogP contribution >= 0.6 is 0 Å². The van der Waals surface area contributed by atoms with Gasteiger partial charge in [-0.1, -0.05) is 6.92 Å². The minimum absolute atomic E-state index is 0.389. The third kappa shape index (κ3) is 2.76. The van der Waals surface area contributed by atoms with E-state index in [2.05, 4.69) is 16.8 Å². The van der Waals surface area contributed by atoms with Gasteiger partial charge in [0.05, 0.1) is 25.4 Å². The van der Waals surface area contributed by atoms with Crippen LogP contribution in [0.4, 0.5) is 5.82 Å². The molecule has 1 aromatic heterocycles. The van der Waals surface area contributed by atoms with Gasteiger partial charge in [-0.2, -0.15) is 0 Å². The van der Waals surface area contributed by atoms with Gasteiger partial charge in [0.1, 0.15) is 5.82 Å². The summed E-state index contributed by atoms with van der Waals surface area (Å²) in [5.74, 6) is 0.943. The predicted molar refractivity (Wildman–Crippen MR) is 67.1 cm³/mol. The predicted octanol–water partition coefficient (Wildman–Crippen LogP) is 1.75. The van der Waals surface area contributed by atoms with E-state index < -0.39 is 6.10 Å². The van der Waals surface area contributed by atoms with Gasteiger partial charge >= 0.3 is 0 Å². The van der Waals surface area contributed by atoms with Crippen LogP contribution in [0, 0.1) is 0 Å². The first-order valence-electron chi connectivity index (χ1n) is 6.20. The van der Waals surface area contributed by atoms with Crippen LogP contribution < -0.4 is 4.90 Å². The molecule has 17 heavy (non-hydrogen) atoms. The molecule has 2 rings (SSSR count). The Morgan fingerprint density at radius 2 is 2.47 bits per heavy atom. The zero-order valence-corrected chi connectivity index (χ0v) is 10.5. The van der Waals surface area contributed by atoms with Crippen molar-refractivity contribution in [3.63, 3.8) is 0 Å². The lowest BCUT2D eigenvalue weighted by Crippen LogP contribution is -2.45. The molecule has 0 radical (unpaired) electrons. The Bertz CT molecular complexity index is 368. The Hall–Kier alpha value is -1.13. The minimum Gasteiger partial charge on any atom is -0.389 e. The molecule has 0 bridgehead atoms. The van der Waals surface area contributed by atoms with Crippen molar-refractivity contribution in [2.75, 3.05) is 24.7 Å². The number of morpholine rings is 1. The van der Waals surface area contributed by atoms with Crippen molar-refractivity contribution in [1.29, 1.82) is 0 Å². The Morgan fingerprint density at radius 3 is 3.18 bits per heavy atom. The second kappa shape index (κ2) is 5.47. The Balaban J connectivity index is 2.22. The molecular formula is C13H20N2O2. The molecule has 1 N–H and O–H groups in total. The average molecular weight is 236 g/mol. The van der Waals surface area contributed by atoms with Crippen LogP contribution in [0.5, 0.6) is 0 Å². The molecule has 1 saturated heterocycles. The highest BCUT2D eigenvalue weighted by molar-refractivity contribution is 5.43. The lowest BCUT2D eigenvalue weighted by atomic mass is 10.1. The zero-order chi connectivity index (χ0) is 12.3. The molecule has 1 fully saturated rings. The molecule has 1 aromatic rings. The number of aliphatic hydroxyl groups excluding tert-OH is 1. The van der Waals surface area contributed by atoms with Gasteiger partial charge in [-0.15, -0.1) is 0 Å². The van der Waals surface area contributed by atoms with E-state index in [0.717, 1.165) is 37.6 Å². The maximum atomic E-state index is 9.60. The summed E-state index contributed by atoms with van der Waals surface area (Å²) < 4.78 is 5.48. The highest BCUT2D eigenvalue weighted by Crippen LogP contribution is 2.22. The van der Waals surface area contributed by atoms with Crippen LogP contribution in [-0.4, -0.2) is 35.9 Å². The van der Waals surface area contributed by atoms with Crippen LogP contribution in [0.25, 0.3) is 0 Å². The summed E-state index contributed by atoms with van der Waals surface area (Å²) in [5.41, 5.74) is 0.913.